The van der Waals surface area contributed by atoms with Gasteiger partial charge in [-0.25, -0.2) is 0 Å². The molecule has 1 aromatic carbocycles. The molecule has 2 N–H and O–H groups in total. The summed E-state index contributed by atoms with van der Waals surface area (Å²) in [4.78, 5) is 3.33. The fourth-order valence-corrected chi connectivity index (χ4v) is 2.54. The zero-order valence-electron chi connectivity index (χ0n) is 12.2. The monoisotopic (exact) mass is 258 g/mol. The molecule has 0 aliphatic heterocycles. The van der Waals surface area contributed by atoms with Crippen LogP contribution in [0, 0.1) is 0 Å². The van der Waals surface area contributed by atoms with Gasteiger partial charge in [0.15, 0.2) is 0 Å². The molecule has 2 aromatic rings. The van der Waals surface area contributed by atoms with Crippen molar-refractivity contribution in [2.75, 3.05) is 0 Å². The number of aromatic amines is 1. The number of benzene rings is 1. The molecule has 1 aromatic heterocycles. The van der Waals surface area contributed by atoms with Gasteiger partial charge in [0.1, 0.15) is 0 Å². The van der Waals surface area contributed by atoms with Crippen LogP contribution in [0.5, 0.6) is 0 Å². The standard InChI is InChI=1S/C17H26N2/c1-3-4-5-6-9-14(2)18-12-15-13-19-17-11-8-7-10-16(15)17/h7-8,10-11,13-14,18-19H,3-6,9,12H2,1-2H3. The summed E-state index contributed by atoms with van der Waals surface area (Å²) in [6.07, 6.45) is 8.81. The number of unbranched alkanes of at least 4 members (excludes halogenated alkanes) is 3. The fourth-order valence-electron chi connectivity index (χ4n) is 2.54. The number of aromatic nitrogens is 1. The van der Waals surface area contributed by atoms with Crippen LogP contribution < -0.4 is 5.32 Å². The highest BCUT2D eigenvalue weighted by Gasteiger charge is 2.05. The number of para-hydroxylation sites is 1. The van der Waals surface area contributed by atoms with E-state index < -0.39 is 0 Å². The summed E-state index contributed by atoms with van der Waals surface area (Å²) in [5, 5.41) is 4.97. The Balaban J connectivity index is 1.78. The predicted molar refractivity (Wildman–Crippen MR) is 83.4 cm³/mol. The van der Waals surface area contributed by atoms with E-state index in [0.717, 1.165) is 6.54 Å². The van der Waals surface area contributed by atoms with Gasteiger partial charge in [0.05, 0.1) is 0 Å². The van der Waals surface area contributed by atoms with E-state index >= 15 is 0 Å². The van der Waals surface area contributed by atoms with Gasteiger partial charge in [0.25, 0.3) is 0 Å². The number of hydrogen-bond donors (Lipinski definition) is 2. The van der Waals surface area contributed by atoms with Crippen LogP contribution in [0.4, 0.5) is 0 Å². The Labute approximate surface area is 116 Å². The van der Waals surface area contributed by atoms with Crippen molar-refractivity contribution < 1.29 is 0 Å². The van der Waals surface area contributed by atoms with E-state index in [4.69, 9.17) is 0 Å². The minimum atomic E-state index is 0.602. The smallest absolute Gasteiger partial charge is 0.0457 e. The van der Waals surface area contributed by atoms with E-state index in [0.29, 0.717) is 6.04 Å². The molecule has 1 unspecified atom stereocenters. The maximum atomic E-state index is 3.63. The molecule has 0 bridgehead atoms. The Morgan fingerprint density at radius 1 is 1.16 bits per heavy atom. The van der Waals surface area contributed by atoms with E-state index in [1.54, 1.807) is 0 Å². The highest BCUT2D eigenvalue weighted by atomic mass is 14.9. The Morgan fingerprint density at radius 3 is 2.84 bits per heavy atom. The van der Waals surface area contributed by atoms with Crippen LogP contribution in [0.1, 0.15) is 51.5 Å². The normalized spacial score (nSPS) is 12.9. The number of nitrogens with one attached hydrogen (secondary N) is 2. The molecule has 0 fully saturated rings. The third-order valence-corrected chi connectivity index (χ3v) is 3.81. The van der Waals surface area contributed by atoms with E-state index in [2.05, 4.69) is 54.6 Å². The van der Waals surface area contributed by atoms with E-state index in [1.165, 1.54) is 48.6 Å². The molecule has 19 heavy (non-hydrogen) atoms. The van der Waals surface area contributed by atoms with Gasteiger partial charge >= 0.3 is 0 Å². The average molecular weight is 258 g/mol. The van der Waals surface area contributed by atoms with Crippen LogP contribution in [0.15, 0.2) is 30.5 Å². The van der Waals surface area contributed by atoms with Gasteiger partial charge in [-0.2, -0.15) is 0 Å². The van der Waals surface area contributed by atoms with Crippen LogP contribution >= 0.6 is 0 Å². The second-order valence-electron chi connectivity index (χ2n) is 5.49. The first-order valence-corrected chi connectivity index (χ1v) is 7.59. The summed E-state index contributed by atoms with van der Waals surface area (Å²) in [5.41, 5.74) is 2.60. The van der Waals surface area contributed by atoms with Gasteiger partial charge in [-0.3, -0.25) is 0 Å². The van der Waals surface area contributed by atoms with Crippen molar-refractivity contribution in [3.63, 3.8) is 0 Å². The van der Waals surface area contributed by atoms with Gasteiger partial charge in [-0.1, -0.05) is 50.8 Å². The molecule has 0 aliphatic rings. The quantitative estimate of drug-likeness (QED) is 0.664. The Morgan fingerprint density at radius 2 is 2.00 bits per heavy atom. The molecule has 0 amide bonds. The third-order valence-electron chi connectivity index (χ3n) is 3.81. The van der Waals surface area contributed by atoms with Crippen LogP contribution in [0.3, 0.4) is 0 Å². The van der Waals surface area contributed by atoms with Gasteiger partial charge < -0.3 is 10.3 Å². The summed E-state index contributed by atoms with van der Waals surface area (Å²) >= 11 is 0. The van der Waals surface area contributed by atoms with Crippen molar-refractivity contribution in [2.45, 2.75) is 58.5 Å². The molecular formula is C17H26N2. The summed E-state index contributed by atoms with van der Waals surface area (Å²) < 4.78 is 0. The first-order chi connectivity index (χ1) is 9.31. The zero-order chi connectivity index (χ0) is 13.5. The van der Waals surface area contributed by atoms with Crippen molar-refractivity contribution in [1.82, 2.24) is 10.3 Å². The first-order valence-electron chi connectivity index (χ1n) is 7.59. The Kier molecular flexibility index (Phi) is 5.46. The molecule has 2 rings (SSSR count). The summed E-state index contributed by atoms with van der Waals surface area (Å²) in [6, 6.07) is 9.10. The fraction of sp³-hybridized carbons (Fsp3) is 0.529. The van der Waals surface area contributed by atoms with E-state index in [1.807, 2.05) is 0 Å². The van der Waals surface area contributed by atoms with Crippen molar-refractivity contribution in [3.8, 4) is 0 Å². The van der Waals surface area contributed by atoms with Crippen molar-refractivity contribution in [1.29, 1.82) is 0 Å². The lowest BCUT2D eigenvalue weighted by molar-refractivity contribution is 0.483. The van der Waals surface area contributed by atoms with Crippen molar-refractivity contribution in [2.24, 2.45) is 0 Å². The van der Waals surface area contributed by atoms with E-state index in [-0.39, 0.29) is 0 Å². The summed E-state index contributed by atoms with van der Waals surface area (Å²) in [5.74, 6) is 0. The van der Waals surface area contributed by atoms with Crippen molar-refractivity contribution in [3.05, 3.63) is 36.0 Å². The predicted octanol–water partition coefficient (Wildman–Crippen LogP) is 4.62. The van der Waals surface area contributed by atoms with Gasteiger partial charge in [-0.05, 0) is 25.0 Å². The molecule has 104 valence electrons. The second-order valence-corrected chi connectivity index (χ2v) is 5.49. The van der Waals surface area contributed by atoms with Gasteiger partial charge in [0, 0.05) is 29.7 Å². The molecule has 1 atom stereocenters. The maximum absolute atomic E-state index is 3.63. The molecule has 2 heteroatoms. The largest absolute Gasteiger partial charge is 0.361 e. The summed E-state index contributed by atoms with van der Waals surface area (Å²) in [7, 11) is 0. The number of fused-ring (bicyclic) bond motifs is 1. The average Bonchev–Trinajstić information content (AvgIpc) is 2.85. The van der Waals surface area contributed by atoms with Crippen LogP contribution in [-0.2, 0) is 6.54 Å². The highest BCUT2D eigenvalue weighted by Crippen LogP contribution is 2.17. The van der Waals surface area contributed by atoms with Crippen LogP contribution in [0.25, 0.3) is 10.9 Å². The Hall–Kier alpha value is -1.28. The lowest BCUT2D eigenvalue weighted by Gasteiger charge is -2.13. The van der Waals surface area contributed by atoms with E-state index in [9.17, 15) is 0 Å². The molecule has 2 nitrogen and oxygen atoms in total. The molecule has 1 heterocycles. The SMILES string of the molecule is CCCCCCC(C)NCc1c[nH]c2ccccc12. The van der Waals surface area contributed by atoms with Crippen molar-refractivity contribution >= 4 is 10.9 Å². The minimum Gasteiger partial charge on any atom is -0.361 e. The summed E-state index contributed by atoms with van der Waals surface area (Å²) in [6.45, 7) is 5.51. The molecular weight excluding hydrogens is 232 g/mol. The topological polar surface area (TPSA) is 27.8 Å². The number of H-pyrrole nitrogens is 1. The minimum absolute atomic E-state index is 0.602. The molecule has 0 spiro atoms. The lowest BCUT2D eigenvalue weighted by atomic mass is 10.1. The van der Waals surface area contributed by atoms with Gasteiger partial charge in [-0.15, -0.1) is 0 Å². The first kappa shape index (κ1) is 14.1. The van der Waals surface area contributed by atoms with Gasteiger partial charge in [0.2, 0.25) is 0 Å². The molecule has 0 saturated heterocycles. The Bertz CT molecular complexity index is 487. The number of rotatable bonds is 8. The van der Waals surface area contributed by atoms with Crippen LogP contribution in [0.2, 0.25) is 0 Å². The zero-order valence-corrected chi connectivity index (χ0v) is 12.2. The molecule has 0 saturated carbocycles. The highest BCUT2D eigenvalue weighted by molar-refractivity contribution is 5.82. The molecule has 0 radical (unpaired) electrons. The number of hydrogen-bond acceptors (Lipinski definition) is 1. The molecule has 0 aliphatic carbocycles. The second kappa shape index (κ2) is 7.34. The maximum Gasteiger partial charge on any atom is 0.0457 e. The van der Waals surface area contributed by atoms with Crippen LogP contribution in [-0.4, -0.2) is 11.0 Å². The third kappa shape index (κ3) is 4.10. The lowest BCUT2D eigenvalue weighted by Crippen LogP contribution is -2.25.